The molecule has 6 nitrogen and oxygen atoms in total. The van der Waals surface area contributed by atoms with Crippen LogP contribution in [0.2, 0.25) is 0 Å². The Morgan fingerprint density at radius 3 is 2.50 bits per heavy atom. The van der Waals surface area contributed by atoms with E-state index in [9.17, 15) is 22.0 Å². The average Bonchev–Trinajstić information content (AvgIpc) is 2.93. The summed E-state index contributed by atoms with van der Waals surface area (Å²) in [6.07, 6.45) is -1.27. The van der Waals surface area contributed by atoms with Gasteiger partial charge >= 0.3 is 6.09 Å². The predicted molar refractivity (Wildman–Crippen MR) is 84.4 cm³/mol. The summed E-state index contributed by atoms with van der Waals surface area (Å²) < 4.78 is 58.1. The highest BCUT2D eigenvalue weighted by Crippen LogP contribution is 2.28. The van der Waals surface area contributed by atoms with Crippen LogP contribution in [0.3, 0.4) is 0 Å². The zero-order chi connectivity index (χ0) is 18.1. The molecule has 0 aliphatic heterocycles. The van der Waals surface area contributed by atoms with Crippen LogP contribution < -0.4 is 4.31 Å². The Kier molecular flexibility index (Phi) is 4.90. The monoisotopic (exact) mass is 376 g/mol. The van der Waals surface area contributed by atoms with Crippen LogP contribution in [0.5, 0.6) is 0 Å². The molecule has 0 saturated carbocycles. The third kappa shape index (κ3) is 3.70. The zero-order valence-corrected chi connectivity index (χ0v) is 14.6. The van der Waals surface area contributed by atoms with Gasteiger partial charge in [0.1, 0.15) is 10.5 Å². The van der Waals surface area contributed by atoms with Crippen LogP contribution >= 0.6 is 11.3 Å². The number of rotatable bonds is 3. The topological polar surface area (TPSA) is 76.6 Å². The number of carbonyl (C=O) groups excluding carboxylic acids is 1. The number of halogens is 2. The number of anilines is 1. The molecule has 0 N–H and O–H groups in total. The van der Waals surface area contributed by atoms with Crippen molar-refractivity contribution in [1.82, 2.24) is 4.98 Å². The first-order valence-corrected chi connectivity index (χ1v) is 9.03. The first-order valence-electron chi connectivity index (χ1n) is 6.64. The van der Waals surface area contributed by atoms with Gasteiger partial charge in [-0.05, 0) is 32.9 Å². The Hall–Kier alpha value is -2.07. The van der Waals surface area contributed by atoms with E-state index in [2.05, 4.69) is 4.98 Å². The van der Waals surface area contributed by atoms with Gasteiger partial charge in [-0.25, -0.2) is 27.0 Å². The van der Waals surface area contributed by atoms with E-state index in [0.717, 1.165) is 29.5 Å². The molecule has 0 saturated heterocycles. The molecule has 0 aliphatic rings. The van der Waals surface area contributed by atoms with Gasteiger partial charge in [0.05, 0.1) is 5.51 Å². The second-order valence-electron chi connectivity index (χ2n) is 5.65. The van der Waals surface area contributed by atoms with Crippen molar-refractivity contribution in [2.24, 2.45) is 0 Å². The van der Waals surface area contributed by atoms with Crippen LogP contribution in [0.4, 0.5) is 19.4 Å². The van der Waals surface area contributed by atoms with Crippen LogP contribution in [0.1, 0.15) is 20.8 Å². The highest BCUT2D eigenvalue weighted by atomic mass is 32.2. The number of sulfonamides is 1. The fourth-order valence-electron chi connectivity index (χ4n) is 1.71. The molecule has 0 fully saturated rings. The number of hydrogen-bond acceptors (Lipinski definition) is 6. The van der Waals surface area contributed by atoms with Crippen molar-refractivity contribution < 1.29 is 26.7 Å². The van der Waals surface area contributed by atoms with E-state index in [0.29, 0.717) is 0 Å². The summed E-state index contributed by atoms with van der Waals surface area (Å²) in [5.74, 6) is -3.20. The smallest absolute Gasteiger partial charge is 0.430 e. The van der Waals surface area contributed by atoms with Crippen LogP contribution in [0, 0.1) is 11.6 Å². The molecule has 0 spiro atoms. The molecule has 0 aliphatic carbocycles. The Balaban J connectivity index is 2.59. The first-order chi connectivity index (χ1) is 11.0. The maximum atomic E-state index is 13.9. The number of thiazole rings is 1. The Bertz CT molecular complexity index is 846. The predicted octanol–water partition coefficient (Wildman–Crippen LogP) is 3.55. The van der Waals surface area contributed by atoms with Gasteiger partial charge in [-0.3, -0.25) is 0 Å². The third-order valence-corrected chi connectivity index (χ3v) is 4.88. The number of ether oxygens (including phenoxy) is 1. The molecule has 1 amide bonds. The van der Waals surface area contributed by atoms with Crippen molar-refractivity contribution in [3.05, 3.63) is 40.7 Å². The standard InChI is InChI=1S/C14H14F2N2O4S2/c1-14(2,3)22-13(19)18(11-7-23-8-17-11)24(20,21)10-6-4-5-9(15)12(10)16/h4-8H,1-3H3. The van der Waals surface area contributed by atoms with Gasteiger partial charge in [-0.2, -0.15) is 0 Å². The number of amides is 1. The van der Waals surface area contributed by atoms with Gasteiger partial charge in [0.2, 0.25) is 0 Å². The van der Waals surface area contributed by atoms with Crippen molar-refractivity contribution >= 4 is 33.3 Å². The van der Waals surface area contributed by atoms with E-state index < -0.39 is 38.2 Å². The van der Waals surface area contributed by atoms with E-state index in [4.69, 9.17) is 4.74 Å². The summed E-state index contributed by atoms with van der Waals surface area (Å²) >= 11 is 1.03. The number of aromatic nitrogens is 1. The molecule has 0 bridgehead atoms. The highest BCUT2D eigenvalue weighted by Gasteiger charge is 2.38. The number of benzene rings is 1. The highest BCUT2D eigenvalue weighted by molar-refractivity contribution is 7.93. The molecule has 1 heterocycles. The average molecular weight is 376 g/mol. The summed E-state index contributed by atoms with van der Waals surface area (Å²) in [6, 6.07) is 2.66. The normalized spacial score (nSPS) is 12.0. The van der Waals surface area contributed by atoms with Crippen LogP contribution in [0.25, 0.3) is 0 Å². The second kappa shape index (κ2) is 6.44. The first kappa shape index (κ1) is 18.3. The third-order valence-electron chi connectivity index (χ3n) is 2.62. The Morgan fingerprint density at radius 2 is 1.96 bits per heavy atom. The van der Waals surface area contributed by atoms with Crippen LogP contribution in [-0.4, -0.2) is 25.1 Å². The molecule has 0 radical (unpaired) electrons. The minimum absolute atomic E-state index is 0.215. The van der Waals surface area contributed by atoms with Crippen molar-refractivity contribution in [3.63, 3.8) is 0 Å². The maximum Gasteiger partial charge on any atom is 0.430 e. The molecule has 0 unspecified atom stereocenters. The lowest BCUT2D eigenvalue weighted by molar-refractivity contribution is 0.0608. The molecule has 10 heteroatoms. The number of nitrogens with zero attached hydrogens (tertiary/aromatic N) is 2. The molecule has 1 aromatic heterocycles. The Morgan fingerprint density at radius 1 is 1.29 bits per heavy atom. The van der Waals surface area contributed by atoms with Crippen molar-refractivity contribution in [1.29, 1.82) is 0 Å². The molecule has 24 heavy (non-hydrogen) atoms. The van der Waals surface area contributed by atoms with E-state index in [-0.39, 0.29) is 10.1 Å². The molecular formula is C14H14F2N2O4S2. The largest absolute Gasteiger partial charge is 0.443 e. The second-order valence-corrected chi connectivity index (χ2v) is 8.12. The molecule has 2 aromatic rings. The fraction of sp³-hybridized carbons (Fsp3) is 0.286. The fourth-order valence-corrected chi connectivity index (χ4v) is 3.64. The lowest BCUT2D eigenvalue weighted by Crippen LogP contribution is -2.41. The molecule has 1 aromatic carbocycles. The quantitative estimate of drug-likeness (QED) is 0.819. The SMILES string of the molecule is CC(C)(C)OC(=O)N(c1cscn1)S(=O)(=O)c1cccc(F)c1F. The minimum atomic E-state index is -4.76. The van der Waals surface area contributed by atoms with Crippen molar-refractivity contribution in [3.8, 4) is 0 Å². The summed E-state index contributed by atoms with van der Waals surface area (Å²) in [5, 5.41) is 1.28. The number of carbonyl (C=O) groups is 1. The molecule has 2 rings (SSSR count). The van der Waals surface area contributed by atoms with Crippen molar-refractivity contribution in [2.45, 2.75) is 31.3 Å². The maximum absolute atomic E-state index is 13.9. The van der Waals surface area contributed by atoms with Crippen molar-refractivity contribution in [2.75, 3.05) is 4.31 Å². The molecular weight excluding hydrogens is 362 g/mol. The molecule has 0 atom stereocenters. The summed E-state index contributed by atoms with van der Waals surface area (Å²) in [6.45, 7) is 4.62. The van der Waals surface area contributed by atoms with Crippen LogP contribution in [0.15, 0.2) is 34.0 Å². The van der Waals surface area contributed by atoms with E-state index in [1.807, 2.05) is 0 Å². The van der Waals surface area contributed by atoms with Crippen LogP contribution in [-0.2, 0) is 14.8 Å². The number of hydrogen-bond donors (Lipinski definition) is 0. The van der Waals surface area contributed by atoms with Gasteiger partial charge in [-0.15, -0.1) is 15.6 Å². The lowest BCUT2D eigenvalue weighted by Gasteiger charge is -2.25. The molecule has 130 valence electrons. The summed E-state index contributed by atoms with van der Waals surface area (Å²) in [7, 11) is -4.76. The van der Waals surface area contributed by atoms with E-state index in [1.54, 1.807) is 20.8 Å². The van der Waals surface area contributed by atoms with Gasteiger partial charge in [0, 0.05) is 5.38 Å². The van der Waals surface area contributed by atoms with E-state index >= 15 is 0 Å². The minimum Gasteiger partial charge on any atom is -0.443 e. The van der Waals surface area contributed by atoms with Gasteiger partial charge < -0.3 is 4.74 Å². The Labute approximate surface area is 141 Å². The van der Waals surface area contributed by atoms with Gasteiger partial charge in [0.15, 0.2) is 17.5 Å². The van der Waals surface area contributed by atoms with Gasteiger partial charge in [0.25, 0.3) is 10.0 Å². The summed E-state index contributed by atoms with van der Waals surface area (Å²) in [5.41, 5.74) is 0.297. The van der Waals surface area contributed by atoms with E-state index in [1.165, 1.54) is 10.9 Å². The lowest BCUT2D eigenvalue weighted by atomic mass is 10.2. The van der Waals surface area contributed by atoms with Gasteiger partial charge in [-0.1, -0.05) is 6.07 Å². The summed E-state index contributed by atoms with van der Waals surface area (Å²) in [4.78, 5) is 15.1. The zero-order valence-electron chi connectivity index (χ0n) is 13.0.